The molecule has 0 unspecified atom stereocenters. The third-order valence-corrected chi connectivity index (χ3v) is 4.84. The Balaban J connectivity index is 2.41. The summed E-state index contributed by atoms with van der Waals surface area (Å²) in [5, 5.41) is 17.8. The number of carboxylic acid groups (broad SMARTS) is 1. The largest absolute Gasteiger partial charge is 0.478 e. The first kappa shape index (κ1) is 14.7. The van der Waals surface area contributed by atoms with E-state index in [1.807, 2.05) is 0 Å². The molecule has 2 rings (SSSR count). The Morgan fingerprint density at radius 1 is 1.30 bits per heavy atom. The molecule has 1 aromatic carbocycles. The molecule has 0 spiro atoms. The van der Waals surface area contributed by atoms with Crippen LogP contribution < -0.4 is 5.48 Å². The van der Waals surface area contributed by atoms with Gasteiger partial charge in [-0.3, -0.25) is 10.7 Å². The highest BCUT2D eigenvalue weighted by Gasteiger charge is 2.27. The van der Waals surface area contributed by atoms with Gasteiger partial charge in [0, 0.05) is 13.1 Å². The summed E-state index contributed by atoms with van der Waals surface area (Å²) in [5.74, 6) is -1.33. The van der Waals surface area contributed by atoms with Crippen LogP contribution in [0.3, 0.4) is 0 Å². The first-order valence-corrected chi connectivity index (χ1v) is 7.26. The molecule has 1 fully saturated rings. The lowest BCUT2D eigenvalue weighted by Crippen LogP contribution is -2.40. The zero-order chi connectivity index (χ0) is 14.8. The van der Waals surface area contributed by atoms with Crippen molar-refractivity contribution in [2.75, 3.05) is 31.8 Å². The maximum absolute atomic E-state index is 12.4. The fourth-order valence-electron chi connectivity index (χ4n) is 1.89. The zero-order valence-electron chi connectivity index (χ0n) is 10.4. The summed E-state index contributed by atoms with van der Waals surface area (Å²) in [6, 6.07) is 3.47. The van der Waals surface area contributed by atoms with Crippen molar-refractivity contribution in [3.8, 4) is 0 Å². The van der Waals surface area contributed by atoms with Crippen LogP contribution in [-0.2, 0) is 14.8 Å². The number of rotatable bonds is 4. The number of nitrogens with one attached hydrogen (secondary N) is 1. The smallest absolute Gasteiger partial charge is 0.337 e. The van der Waals surface area contributed by atoms with Crippen molar-refractivity contribution in [2.24, 2.45) is 0 Å². The molecule has 20 heavy (non-hydrogen) atoms. The summed E-state index contributed by atoms with van der Waals surface area (Å²) in [4.78, 5) is 10.9. The number of anilines is 1. The molecule has 1 aliphatic heterocycles. The predicted molar refractivity (Wildman–Crippen MR) is 68.4 cm³/mol. The lowest BCUT2D eigenvalue weighted by molar-refractivity contribution is 0.0696. The van der Waals surface area contributed by atoms with Crippen LogP contribution in [0.4, 0.5) is 5.69 Å². The Labute approximate surface area is 115 Å². The van der Waals surface area contributed by atoms with Crippen LogP contribution in [-0.4, -0.2) is 55.3 Å². The SMILES string of the molecule is O=C(O)c1cc(S(=O)(=O)N2CCOCC2)ccc1NO. The van der Waals surface area contributed by atoms with E-state index in [1.165, 1.54) is 16.4 Å². The maximum Gasteiger partial charge on any atom is 0.337 e. The average Bonchev–Trinajstić information content (AvgIpc) is 2.47. The molecule has 1 saturated heterocycles. The molecule has 3 N–H and O–H groups in total. The quantitative estimate of drug-likeness (QED) is 0.681. The third kappa shape index (κ3) is 2.75. The first-order chi connectivity index (χ1) is 9.46. The summed E-state index contributed by atoms with van der Waals surface area (Å²) in [6.45, 7) is 1.07. The lowest BCUT2D eigenvalue weighted by atomic mass is 10.2. The molecule has 0 aliphatic carbocycles. The van der Waals surface area contributed by atoms with Gasteiger partial charge in [-0.1, -0.05) is 0 Å². The molecular weight excluding hydrogens is 288 g/mol. The summed E-state index contributed by atoms with van der Waals surface area (Å²) in [6.07, 6.45) is 0. The van der Waals surface area contributed by atoms with E-state index in [4.69, 9.17) is 15.1 Å². The van der Waals surface area contributed by atoms with Gasteiger partial charge in [0.05, 0.1) is 29.4 Å². The van der Waals surface area contributed by atoms with Crippen LogP contribution in [0.15, 0.2) is 23.1 Å². The number of morpholine rings is 1. The van der Waals surface area contributed by atoms with Crippen molar-refractivity contribution < 1.29 is 28.3 Å². The minimum absolute atomic E-state index is 0.0709. The molecule has 0 radical (unpaired) electrons. The van der Waals surface area contributed by atoms with E-state index in [0.29, 0.717) is 13.2 Å². The normalized spacial score (nSPS) is 16.9. The second-order valence-electron chi connectivity index (χ2n) is 4.14. The van der Waals surface area contributed by atoms with E-state index < -0.39 is 16.0 Å². The Morgan fingerprint density at radius 3 is 2.50 bits per heavy atom. The van der Waals surface area contributed by atoms with Gasteiger partial charge in [-0.25, -0.2) is 13.2 Å². The molecule has 1 heterocycles. The topological polar surface area (TPSA) is 116 Å². The molecule has 0 saturated carbocycles. The second-order valence-corrected chi connectivity index (χ2v) is 6.08. The van der Waals surface area contributed by atoms with Gasteiger partial charge in [0.2, 0.25) is 10.0 Å². The molecule has 0 atom stereocenters. The van der Waals surface area contributed by atoms with Gasteiger partial charge >= 0.3 is 5.97 Å². The molecule has 110 valence electrons. The number of carbonyl (C=O) groups is 1. The molecule has 1 aromatic rings. The monoisotopic (exact) mass is 302 g/mol. The van der Waals surface area contributed by atoms with Gasteiger partial charge in [0.1, 0.15) is 0 Å². The highest BCUT2D eigenvalue weighted by molar-refractivity contribution is 7.89. The maximum atomic E-state index is 12.4. The standard InChI is InChI=1S/C11H14N2O6S/c14-11(15)9-7-8(1-2-10(9)12-16)20(17,18)13-3-5-19-6-4-13/h1-2,7,12,16H,3-6H2,(H,14,15). The Morgan fingerprint density at radius 2 is 1.95 bits per heavy atom. The van der Waals surface area contributed by atoms with Gasteiger partial charge < -0.3 is 9.84 Å². The fourth-order valence-corrected chi connectivity index (χ4v) is 3.33. The number of hydrogen-bond acceptors (Lipinski definition) is 6. The van der Waals surface area contributed by atoms with Gasteiger partial charge in [0.15, 0.2) is 0 Å². The number of benzene rings is 1. The predicted octanol–water partition coefficient (Wildman–Crippen LogP) is 0.207. The first-order valence-electron chi connectivity index (χ1n) is 5.82. The van der Waals surface area contributed by atoms with Gasteiger partial charge in [-0.2, -0.15) is 4.31 Å². The van der Waals surface area contributed by atoms with Crippen molar-refractivity contribution in [3.63, 3.8) is 0 Å². The number of carboxylic acids is 1. The Kier molecular flexibility index (Phi) is 4.23. The van der Waals surface area contributed by atoms with Crippen LogP contribution in [0.1, 0.15) is 10.4 Å². The summed E-state index contributed by atoms with van der Waals surface area (Å²) < 4.78 is 31.0. The Hall–Kier alpha value is -1.68. The van der Waals surface area contributed by atoms with E-state index in [0.717, 1.165) is 6.07 Å². The van der Waals surface area contributed by atoms with Crippen LogP contribution in [0.2, 0.25) is 0 Å². The summed E-state index contributed by atoms with van der Waals surface area (Å²) in [5.41, 5.74) is 1.34. The minimum Gasteiger partial charge on any atom is -0.478 e. The van der Waals surface area contributed by atoms with Gasteiger partial charge in [-0.15, -0.1) is 0 Å². The molecule has 0 amide bonds. The zero-order valence-corrected chi connectivity index (χ0v) is 11.3. The Bertz CT molecular complexity index is 609. The van der Waals surface area contributed by atoms with Crippen molar-refractivity contribution in [2.45, 2.75) is 4.90 Å². The van der Waals surface area contributed by atoms with Crippen LogP contribution >= 0.6 is 0 Å². The van der Waals surface area contributed by atoms with Crippen molar-refractivity contribution in [1.29, 1.82) is 0 Å². The molecule has 0 aromatic heterocycles. The summed E-state index contributed by atoms with van der Waals surface area (Å²) in [7, 11) is -3.76. The molecular formula is C11H14N2O6S. The number of nitrogens with zero attached hydrogens (tertiary/aromatic N) is 1. The number of ether oxygens (including phenoxy) is 1. The van der Waals surface area contributed by atoms with E-state index in [-0.39, 0.29) is 29.2 Å². The van der Waals surface area contributed by atoms with E-state index in [9.17, 15) is 13.2 Å². The lowest BCUT2D eigenvalue weighted by Gasteiger charge is -2.26. The highest BCUT2D eigenvalue weighted by Crippen LogP contribution is 2.23. The summed E-state index contributed by atoms with van der Waals surface area (Å²) >= 11 is 0. The fraction of sp³-hybridized carbons (Fsp3) is 0.364. The number of sulfonamides is 1. The molecule has 0 bridgehead atoms. The third-order valence-electron chi connectivity index (χ3n) is 2.95. The average molecular weight is 302 g/mol. The van der Waals surface area contributed by atoms with E-state index in [1.54, 1.807) is 5.48 Å². The molecule has 9 heteroatoms. The number of aromatic carboxylic acids is 1. The van der Waals surface area contributed by atoms with Crippen LogP contribution in [0.25, 0.3) is 0 Å². The highest BCUT2D eigenvalue weighted by atomic mass is 32.2. The van der Waals surface area contributed by atoms with Gasteiger partial charge in [0.25, 0.3) is 0 Å². The second kappa shape index (κ2) is 5.75. The van der Waals surface area contributed by atoms with E-state index in [2.05, 4.69) is 0 Å². The number of hydrogen-bond donors (Lipinski definition) is 3. The molecule has 1 aliphatic rings. The van der Waals surface area contributed by atoms with Crippen molar-refractivity contribution in [1.82, 2.24) is 4.31 Å². The van der Waals surface area contributed by atoms with Gasteiger partial charge in [-0.05, 0) is 18.2 Å². The molecule has 8 nitrogen and oxygen atoms in total. The van der Waals surface area contributed by atoms with Crippen LogP contribution in [0, 0.1) is 0 Å². The van der Waals surface area contributed by atoms with E-state index >= 15 is 0 Å². The minimum atomic E-state index is -3.76. The van der Waals surface area contributed by atoms with Crippen molar-refractivity contribution in [3.05, 3.63) is 23.8 Å². The van der Waals surface area contributed by atoms with Crippen LogP contribution in [0.5, 0.6) is 0 Å². The van der Waals surface area contributed by atoms with Crippen molar-refractivity contribution >= 4 is 21.7 Å².